The SMILES string of the molecule is C#CCNCC(=O)Nc1cnn(Cc2ccccc2)c1. The van der Waals surface area contributed by atoms with Crippen molar-refractivity contribution in [3.05, 3.63) is 48.3 Å². The summed E-state index contributed by atoms with van der Waals surface area (Å²) in [6.07, 6.45) is 8.51. The number of rotatable bonds is 6. The zero-order chi connectivity index (χ0) is 14.2. The van der Waals surface area contributed by atoms with Crippen LogP contribution >= 0.6 is 0 Å². The van der Waals surface area contributed by atoms with Crippen molar-refractivity contribution in [2.45, 2.75) is 6.54 Å². The number of nitrogens with one attached hydrogen (secondary N) is 2. The van der Waals surface area contributed by atoms with E-state index in [4.69, 9.17) is 6.42 Å². The van der Waals surface area contributed by atoms with Gasteiger partial charge in [0.25, 0.3) is 0 Å². The summed E-state index contributed by atoms with van der Waals surface area (Å²) in [5.74, 6) is 2.27. The van der Waals surface area contributed by atoms with E-state index in [-0.39, 0.29) is 12.5 Å². The van der Waals surface area contributed by atoms with E-state index in [1.54, 1.807) is 17.1 Å². The van der Waals surface area contributed by atoms with Crippen LogP contribution in [-0.2, 0) is 11.3 Å². The number of benzene rings is 1. The molecule has 1 aromatic carbocycles. The first-order valence-corrected chi connectivity index (χ1v) is 6.28. The maximum absolute atomic E-state index is 11.6. The molecule has 0 unspecified atom stereocenters. The molecule has 1 heterocycles. The highest BCUT2D eigenvalue weighted by Gasteiger charge is 2.04. The maximum atomic E-state index is 11.6. The fraction of sp³-hybridized carbons (Fsp3) is 0.200. The van der Waals surface area contributed by atoms with E-state index in [1.807, 2.05) is 30.3 Å². The zero-order valence-electron chi connectivity index (χ0n) is 11.0. The number of amides is 1. The van der Waals surface area contributed by atoms with Gasteiger partial charge in [0.15, 0.2) is 0 Å². The van der Waals surface area contributed by atoms with Crippen molar-refractivity contribution in [3.8, 4) is 12.3 Å². The second-order valence-corrected chi connectivity index (χ2v) is 4.27. The van der Waals surface area contributed by atoms with Crippen LogP contribution in [0, 0.1) is 12.3 Å². The second-order valence-electron chi connectivity index (χ2n) is 4.27. The van der Waals surface area contributed by atoms with E-state index in [9.17, 15) is 4.79 Å². The van der Waals surface area contributed by atoms with Gasteiger partial charge in [0, 0.05) is 6.20 Å². The third-order valence-electron chi connectivity index (χ3n) is 2.62. The second kappa shape index (κ2) is 7.12. The first kappa shape index (κ1) is 13.8. The Bertz CT molecular complexity index is 598. The lowest BCUT2D eigenvalue weighted by molar-refractivity contribution is -0.115. The van der Waals surface area contributed by atoms with E-state index in [0.29, 0.717) is 18.8 Å². The molecule has 2 N–H and O–H groups in total. The van der Waals surface area contributed by atoms with Crippen molar-refractivity contribution in [1.29, 1.82) is 0 Å². The van der Waals surface area contributed by atoms with Crippen molar-refractivity contribution in [1.82, 2.24) is 15.1 Å². The molecular weight excluding hydrogens is 252 g/mol. The summed E-state index contributed by atoms with van der Waals surface area (Å²) in [5, 5.41) is 9.79. The van der Waals surface area contributed by atoms with Gasteiger partial charge in [-0.25, -0.2) is 0 Å². The predicted octanol–water partition coefficient (Wildman–Crippen LogP) is 1.09. The number of aromatic nitrogens is 2. The summed E-state index contributed by atoms with van der Waals surface area (Å²) in [5.41, 5.74) is 1.83. The van der Waals surface area contributed by atoms with Crippen LogP contribution in [0.3, 0.4) is 0 Å². The third-order valence-corrected chi connectivity index (χ3v) is 2.62. The minimum Gasteiger partial charge on any atom is -0.322 e. The van der Waals surface area contributed by atoms with Crippen LogP contribution in [0.2, 0.25) is 0 Å². The molecule has 1 aromatic heterocycles. The van der Waals surface area contributed by atoms with Crippen molar-refractivity contribution in [2.75, 3.05) is 18.4 Å². The molecule has 0 radical (unpaired) electrons. The van der Waals surface area contributed by atoms with E-state index in [0.717, 1.165) is 5.56 Å². The third kappa shape index (κ3) is 4.26. The lowest BCUT2D eigenvalue weighted by Crippen LogP contribution is -2.28. The number of hydrogen-bond acceptors (Lipinski definition) is 3. The van der Waals surface area contributed by atoms with Gasteiger partial charge in [-0.15, -0.1) is 6.42 Å². The summed E-state index contributed by atoms with van der Waals surface area (Å²) < 4.78 is 1.78. The first-order valence-electron chi connectivity index (χ1n) is 6.28. The number of terminal acetylenes is 1. The quantitative estimate of drug-likeness (QED) is 0.609. The van der Waals surface area contributed by atoms with Gasteiger partial charge in [-0.2, -0.15) is 5.10 Å². The Kier molecular flexibility index (Phi) is 4.93. The standard InChI is InChI=1S/C15H16N4O/c1-2-8-16-10-15(20)18-14-9-17-19(12-14)11-13-6-4-3-5-7-13/h1,3-7,9,12,16H,8,10-11H2,(H,18,20). The monoisotopic (exact) mass is 268 g/mol. The van der Waals surface area contributed by atoms with Crippen LogP contribution in [0.1, 0.15) is 5.56 Å². The first-order chi connectivity index (χ1) is 9.78. The van der Waals surface area contributed by atoms with E-state index < -0.39 is 0 Å². The van der Waals surface area contributed by atoms with Crippen molar-refractivity contribution in [2.24, 2.45) is 0 Å². The summed E-state index contributed by atoms with van der Waals surface area (Å²) in [6, 6.07) is 10.0. The molecule has 0 aliphatic rings. The Morgan fingerprint density at radius 1 is 1.35 bits per heavy atom. The van der Waals surface area contributed by atoms with Crippen molar-refractivity contribution < 1.29 is 4.79 Å². The van der Waals surface area contributed by atoms with Crippen molar-refractivity contribution >= 4 is 11.6 Å². The van der Waals surface area contributed by atoms with Gasteiger partial charge >= 0.3 is 0 Å². The van der Waals surface area contributed by atoms with E-state index in [2.05, 4.69) is 21.7 Å². The highest BCUT2D eigenvalue weighted by atomic mass is 16.1. The molecule has 0 aliphatic heterocycles. The van der Waals surface area contributed by atoms with E-state index in [1.165, 1.54) is 0 Å². The summed E-state index contributed by atoms with van der Waals surface area (Å²) in [7, 11) is 0. The molecular formula is C15H16N4O. The molecule has 0 atom stereocenters. The Morgan fingerprint density at radius 2 is 2.15 bits per heavy atom. The predicted molar refractivity (Wildman–Crippen MR) is 78.1 cm³/mol. The van der Waals surface area contributed by atoms with Gasteiger partial charge in [0.05, 0.1) is 31.5 Å². The molecule has 2 aromatic rings. The van der Waals surface area contributed by atoms with Gasteiger partial charge in [-0.3, -0.25) is 14.8 Å². The number of carbonyl (C=O) groups is 1. The average Bonchev–Trinajstić information content (AvgIpc) is 2.87. The Balaban J connectivity index is 1.86. The molecule has 2 rings (SSSR count). The number of nitrogens with zero attached hydrogens (tertiary/aromatic N) is 2. The highest BCUT2D eigenvalue weighted by molar-refractivity contribution is 5.91. The molecule has 5 nitrogen and oxygen atoms in total. The number of anilines is 1. The smallest absolute Gasteiger partial charge is 0.238 e. The fourth-order valence-electron chi connectivity index (χ4n) is 1.74. The van der Waals surface area contributed by atoms with Gasteiger partial charge < -0.3 is 5.32 Å². The minimum atomic E-state index is -0.139. The number of carbonyl (C=O) groups excluding carboxylic acids is 1. The zero-order valence-corrected chi connectivity index (χ0v) is 11.0. The lowest BCUT2D eigenvalue weighted by Gasteiger charge is -2.02. The molecule has 0 aliphatic carbocycles. The summed E-state index contributed by atoms with van der Waals surface area (Å²) >= 11 is 0. The molecule has 0 fully saturated rings. The van der Waals surface area contributed by atoms with Crippen LogP contribution in [0.5, 0.6) is 0 Å². The number of hydrogen-bond donors (Lipinski definition) is 2. The molecule has 5 heteroatoms. The molecule has 0 spiro atoms. The summed E-state index contributed by atoms with van der Waals surface area (Å²) in [6.45, 7) is 1.24. The van der Waals surface area contributed by atoms with Crippen LogP contribution in [0.15, 0.2) is 42.7 Å². The molecule has 102 valence electrons. The van der Waals surface area contributed by atoms with Crippen molar-refractivity contribution in [3.63, 3.8) is 0 Å². The molecule has 0 saturated carbocycles. The lowest BCUT2D eigenvalue weighted by atomic mass is 10.2. The van der Waals surface area contributed by atoms with Gasteiger partial charge in [-0.05, 0) is 5.56 Å². The molecule has 20 heavy (non-hydrogen) atoms. The average molecular weight is 268 g/mol. The van der Waals surface area contributed by atoms with Gasteiger partial charge in [0.1, 0.15) is 0 Å². The Morgan fingerprint density at radius 3 is 2.90 bits per heavy atom. The molecule has 0 saturated heterocycles. The largest absolute Gasteiger partial charge is 0.322 e. The minimum absolute atomic E-state index is 0.139. The van der Waals surface area contributed by atoms with Gasteiger partial charge in [-0.1, -0.05) is 36.3 Å². The molecule has 1 amide bonds. The van der Waals surface area contributed by atoms with Crippen LogP contribution in [0.4, 0.5) is 5.69 Å². The van der Waals surface area contributed by atoms with Crippen LogP contribution in [-0.4, -0.2) is 28.8 Å². The van der Waals surface area contributed by atoms with Gasteiger partial charge in [0.2, 0.25) is 5.91 Å². The van der Waals surface area contributed by atoms with Crippen LogP contribution < -0.4 is 10.6 Å². The fourth-order valence-corrected chi connectivity index (χ4v) is 1.74. The Labute approximate surface area is 118 Å². The highest BCUT2D eigenvalue weighted by Crippen LogP contribution is 2.07. The maximum Gasteiger partial charge on any atom is 0.238 e. The van der Waals surface area contributed by atoms with Crippen LogP contribution in [0.25, 0.3) is 0 Å². The normalized spacial score (nSPS) is 9.95. The van der Waals surface area contributed by atoms with E-state index >= 15 is 0 Å². The Hall–Kier alpha value is -2.58. The topological polar surface area (TPSA) is 59.0 Å². The molecule has 0 bridgehead atoms. The summed E-state index contributed by atoms with van der Waals surface area (Å²) in [4.78, 5) is 11.6.